The van der Waals surface area contributed by atoms with Crippen molar-refractivity contribution in [1.82, 2.24) is 4.57 Å². The molecule has 0 radical (unpaired) electrons. The molecule has 0 amide bonds. The van der Waals surface area contributed by atoms with Crippen LogP contribution in [-0.4, -0.2) is 16.3 Å². The standard InChI is InChI=1S/C13H10BrIN2O/c14-12-10-7-9(8-16)3-4-11(10)17(13(12)15)5-1-2-6-18/h1-4,7,18H,5-6H2. The highest BCUT2D eigenvalue weighted by Crippen LogP contribution is 2.32. The second-order valence-corrected chi connectivity index (χ2v) is 5.53. The predicted octanol–water partition coefficient (Wildman–Crippen LogP) is 3.43. The summed E-state index contributed by atoms with van der Waals surface area (Å²) in [6.07, 6.45) is 3.64. The monoisotopic (exact) mass is 416 g/mol. The maximum atomic E-state index is 8.92. The third-order valence-corrected chi connectivity index (χ3v) is 5.30. The smallest absolute Gasteiger partial charge is 0.0991 e. The van der Waals surface area contributed by atoms with Gasteiger partial charge in [-0.15, -0.1) is 0 Å². The molecule has 0 saturated heterocycles. The van der Waals surface area contributed by atoms with E-state index >= 15 is 0 Å². The van der Waals surface area contributed by atoms with Gasteiger partial charge in [-0.1, -0.05) is 12.2 Å². The lowest BCUT2D eigenvalue weighted by Gasteiger charge is -2.03. The van der Waals surface area contributed by atoms with E-state index < -0.39 is 0 Å². The van der Waals surface area contributed by atoms with Crippen molar-refractivity contribution < 1.29 is 5.11 Å². The van der Waals surface area contributed by atoms with Crippen molar-refractivity contribution in [2.75, 3.05) is 6.61 Å². The normalized spacial score (nSPS) is 11.2. The van der Waals surface area contributed by atoms with Crippen LogP contribution in [0.2, 0.25) is 0 Å². The number of nitriles is 1. The fraction of sp³-hybridized carbons (Fsp3) is 0.154. The molecule has 1 heterocycles. The number of hydrogen-bond acceptors (Lipinski definition) is 2. The molecule has 1 aromatic carbocycles. The average Bonchev–Trinajstić information content (AvgIpc) is 2.63. The summed E-state index contributed by atoms with van der Waals surface area (Å²) >= 11 is 5.83. The number of halogens is 2. The molecule has 1 N–H and O–H groups in total. The number of aromatic nitrogens is 1. The van der Waals surface area contributed by atoms with E-state index in [2.05, 4.69) is 49.2 Å². The summed E-state index contributed by atoms with van der Waals surface area (Å²) in [5, 5.41) is 18.7. The minimum atomic E-state index is 0.0511. The summed E-state index contributed by atoms with van der Waals surface area (Å²) in [5.41, 5.74) is 1.73. The van der Waals surface area contributed by atoms with Crippen LogP contribution in [0, 0.1) is 15.0 Å². The third-order valence-electron chi connectivity index (χ3n) is 2.63. The molecule has 0 fully saturated rings. The van der Waals surface area contributed by atoms with Crippen LogP contribution in [0.5, 0.6) is 0 Å². The van der Waals surface area contributed by atoms with E-state index in [1.807, 2.05) is 24.3 Å². The molecule has 1 aromatic heterocycles. The zero-order valence-electron chi connectivity index (χ0n) is 9.40. The summed E-state index contributed by atoms with van der Waals surface area (Å²) < 4.78 is 4.22. The Labute approximate surface area is 127 Å². The van der Waals surface area contributed by atoms with Crippen LogP contribution in [0.3, 0.4) is 0 Å². The largest absolute Gasteiger partial charge is 0.392 e. The van der Waals surface area contributed by atoms with Gasteiger partial charge < -0.3 is 9.67 Å². The lowest BCUT2D eigenvalue weighted by Crippen LogP contribution is -1.97. The first kappa shape index (κ1) is 13.6. The number of nitrogens with zero attached hydrogens (tertiary/aromatic N) is 2. The van der Waals surface area contributed by atoms with Gasteiger partial charge in [0.1, 0.15) is 0 Å². The fourth-order valence-electron chi connectivity index (χ4n) is 1.79. The summed E-state index contributed by atoms with van der Waals surface area (Å²) in [6, 6.07) is 7.80. The zero-order chi connectivity index (χ0) is 13.1. The highest BCUT2D eigenvalue weighted by atomic mass is 127. The number of allylic oxidation sites excluding steroid dienone is 1. The van der Waals surface area contributed by atoms with Gasteiger partial charge in [0.2, 0.25) is 0 Å². The molecule has 3 nitrogen and oxygen atoms in total. The number of hydrogen-bond donors (Lipinski definition) is 1. The molecule has 0 saturated carbocycles. The molecule has 0 spiro atoms. The Hall–Kier alpha value is -0.840. The SMILES string of the molecule is N#Cc1ccc2c(c1)c(Br)c(I)n2CC=CCO. The predicted molar refractivity (Wildman–Crippen MR) is 83.3 cm³/mol. The Morgan fingerprint density at radius 1 is 1.44 bits per heavy atom. The van der Waals surface area contributed by atoms with Gasteiger partial charge in [-0.05, 0) is 56.7 Å². The highest BCUT2D eigenvalue weighted by molar-refractivity contribution is 14.1. The molecule has 0 aliphatic carbocycles. The lowest BCUT2D eigenvalue weighted by atomic mass is 10.2. The topological polar surface area (TPSA) is 49.0 Å². The van der Waals surface area contributed by atoms with E-state index in [-0.39, 0.29) is 6.61 Å². The van der Waals surface area contributed by atoms with Gasteiger partial charge in [0.05, 0.1) is 31.9 Å². The summed E-state index contributed by atoms with van der Waals surface area (Å²) in [6.45, 7) is 0.752. The van der Waals surface area contributed by atoms with E-state index in [0.29, 0.717) is 12.1 Å². The van der Waals surface area contributed by atoms with Gasteiger partial charge in [-0.3, -0.25) is 0 Å². The van der Waals surface area contributed by atoms with E-state index in [1.165, 1.54) is 0 Å². The quantitative estimate of drug-likeness (QED) is 0.615. The van der Waals surface area contributed by atoms with Crippen LogP contribution < -0.4 is 0 Å². The van der Waals surface area contributed by atoms with Gasteiger partial charge in [-0.2, -0.15) is 5.26 Å². The van der Waals surface area contributed by atoms with Crippen molar-refractivity contribution in [3.05, 3.63) is 44.1 Å². The van der Waals surface area contributed by atoms with Crippen LogP contribution in [0.1, 0.15) is 5.56 Å². The second kappa shape index (κ2) is 5.87. The number of rotatable bonds is 3. The Bertz CT molecular complexity index is 655. The summed E-state index contributed by atoms with van der Waals surface area (Å²) in [7, 11) is 0. The van der Waals surface area contributed by atoms with Gasteiger partial charge >= 0.3 is 0 Å². The molecule has 2 aromatic rings. The number of aliphatic hydroxyl groups excluding tert-OH is 1. The van der Waals surface area contributed by atoms with E-state index in [9.17, 15) is 0 Å². The van der Waals surface area contributed by atoms with Crippen molar-refractivity contribution in [2.45, 2.75) is 6.54 Å². The van der Waals surface area contributed by atoms with Crippen molar-refractivity contribution in [2.24, 2.45) is 0 Å². The fourth-order valence-corrected chi connectivity index (χ4v) is 3.06. The van der Waals surface area contributed by atoms with Crippen LogP contribution in [-0.2, 0) is 6.54 Å². The van der Waals surface area contributed by atoms with Crippen molar-refractivity contribution in [3.8, 4) is 6.07 Å². The molecule has 0 bridgehead atoms. The highest BCUT2D eigenvalue weighted by Gasteiger charge is 2.12. The van der Waals surface area contributed by atoms with Gasteiger partial charge in [0, 0.05) is 11.9 Å². The summed E-state index contributed by atoms with van der Waals surface area (Å²) in [4.78, 5) is 0. The van der Waals surface area contributed by atoms with Crippen LogP contribution in [0.4, 0.5) is 0 Å². The number of aliphatic hydroxyl groups is 1. The molecule has 92 valence electrons. The van der Waals surface area contributed by atoms with E-state index in [4.69, 9.17) is 10.4 Å². The van der Waals surface area contributed by atoms with Gasteiger partial charge in [0.25, 0.3) is 0 Å². The van der Waals surface area contributed by atoms with Crippen LogP contribution in [0.25, 0.3) is 10.9 Å². The first-order valence-electron chi connectivity index (χ1n) is 5.32. The van der Waals surface area contributed by atoms with Crippen LogP contribution >= 0.6 is 38.5 Å². The Balaban J connectivity index is 2.57. The maximum Gasteiger partial charge on any atom is 0.0991 e. The lowest BCUT2D eigenvalue weighted by molar-refractivity contribution is 0.342. The molecule has 0 atom stereocenters. The van der Waals surface area contributed by atoms with Crippen molar-refractivity contribution in [1.29, 1.82) is 5.26 Å². The Morgan fingerprint density at radius 2 is 2.22 bits per heavy atom. The average molecular weight is 417 g/mol. The number of fused-ring (bicyclic) bond motifs is 1. The molecular formula is C13H10BrIN2O. The van der Waals surface area contributed by atoms with E-state index in [0.717, 1.165) is 19.1 Å². The minimum absolute atomic E-state index is 0.0511. The molecule has 0 unspecified atom stereocenters. The third kappa shape index (κ3) is 2.46. The van der Waals surface area contributed by atoms with Crippen LogP contribution in [0.15, 0.2) is 34.8 Å². The minimum Gasteiger partial charge on any atom is -0.392 e. The maximum absolute atomic E-state index is 8.92. The first-order valence-corrected chi connectivity index (χ1v) is 7.19. The Kier molecular flexibility index (Phi) is 4.43. The molecule has 0 aliphatic heterocycles. The van der Waals surface area contributed by atoms with Gasteiger partial charge in [0.15, 0.2) is 0 Å². The molecule has 0 aliphatic rings. The molecular weight excluding hydrogens is 407 g/mol. The molecule has 5 heteroatoms. The molecule has 18 heavy (non-hydrogen) atoms. The van der Waals surface area contributed by atoms with Crippen molar-refractivity contribution in [3.63, 3.8) is 0 Å². The number of benzene rings is 1. The second-order valence-electron chi connectivity index (χ2n) is 3.71. The molecule has 2 rings (SSSR count). The summed E-state index contributed by atoms with van der Waals surface area (Å²) in [5.74, 6) is 0. The zero-order valence-corrected chi connectivity index (χ0v) is 13.1. The van der Waals surface area contributed by atoms with E-state index in [1.54, 1.807) is 6.08 Å². The van der Waals surface area contributed by atoms with Crippen molar-refractivity contribution >= 4 is 49.4 Å². The first-order chi connectivity index (χ1) is 8.69. The Morgan fingerprint density at radius 3 is 2.89 bits per heavy atom. The van der Waals surface area contributed by atoms with Gasteiger partial charge in [-0.25, -0.2) is 0 Å².